The summed E-state index contributed by atoms with van der Waals surface area (Å²) in [6.45, 7) is 0. The highest BCUT2D eigenvalue weighted by Gasteiger charge is 2.42. The Kier molecular flexibility index (Phi) is 11.7. The Bertz CT molecular complexity index is 2480. The van der Waals surface area contributed by atoms with Crippen molar-refractivity contribution in [1.29, 1.82) is 10.5 Å². The Morgan fingerprint density at radius 1 is 0.446 bits per heavy atom. The zero-order valence-electron chi connectivity index (χ0n) is 29.0. The fraction of sp³-hybridized carbons (Fsp3) is 0.0455. The fourth-order valence-corrected chi connectivity index (χ4v) is 7.12. The van der Waals surface area contributed by atoms with Gasteiger partial charge in [0.15, 0.2) is 17.3 Å². The van der Waals surface area contributed by atoms with Crippen molar-refractivity contribution in [2.45, 2.75) is 11.8 Å². The smallest absolute Gasteiger partial charge is 0.186 e. The Morgan fingerprint density at radius 2 is 0.786 bits per heavy atom. The molecule has 0 aliphatic rings. The number of anilines is 6. The van der Waals surface area contributed by atoms with Crippen molar-refractivity contribution in [1.82, 2.24) is 9.97 Å². The lowest BCUT2D eigenvalue weighted by atomic mass is 9.73. The largest absolute Gasteiger partial charge is 0.293 e. The lowest BCUT2D eigenvalue weighted by Crippen LogP contribution is -2.34. The van der Waals surface area contributed by atoms with Crippen LogP contribution in [-0.4, -0.2) is 9.97 Å². The van der Waals surface area contributed by atoms with Crippen molar-refractivity contribution in [3.63, 3.8) is 0 Å². The molecule has 274 valence electrons. The van der Waals surface area contributed by atoms with Gasteiger partial charge in [-0.15, -0.1) is 0 Å². The standard InChI is InChI=1S/C44H26Cl6N6/c45-30-5-1-28(2-6-30)25-44(27-52,29-3-7-31(46)8-4-29)41-43(56(38-21-13-34(49)14-22-38)39-23-15-35(50)16-24-39)53-40(26-51)42(54-41)55(36-17-9-32(47)10-18-36)37-19-11-33(48)12-20-37/h1-24H,25H2. The van der Waals surface area contributed by atoms with Gasteiger partial charge in [-0.25, -0.2) is 9.97 Å². The summed E-state index contributed by atoms with van der Waals surface area (Å²) in [5.41, 5.74) is 2.55. The van der Waals surface area contributed by atoms with Gasteiger partial charge in [0.1, 0.15) is 17.2 Å². The maximum atomic E-state index is 11.7. The molecule has 0 bridgehead atoms. The van der Waals surface area contributed by atoms with Crippen LogP contribution in [0.2, 0.25) is 30.1 Å². The molecule has 0 radical (unpaired) electrons. The van der Waals surface area contributed by atoms with Crippen molar-refractivity contribution < 1.29 is 0 Å². The van der Waals surface area contributed by atoms with E-state index in [0.717, 1.165) is 5.56 Å². The third kappa shape index (κ3) is 8.14. The van der Waals surface area contributed by atoms with Crippen LogP contribution in [0.15, 0.2) is 146 Å². The third-order valence-corrected chi connectivity index (χ3v) is 10.6. The maximum Gasteiger partial charge on any atom is 0.186 e. The minimum Gasteiger partial charge on any atom is -0.293 e. The van der Waals surface area contributed by atoms with Crippen LogP contribution in [0.1, 0.15) is 22.5 Å². The molecule has 7 aromatic rings. The monoisotopic (exact) mass is 848 g/mol. The van der Waals surface area contributed by atoms with Crippen LogP contribution in [0.4, 0.5) is 34.4 Å². The van der Waals surface area contributed by atoms with E-state index in [9.17, 15) is 10.5 Å². The first-order valence-electron chi connectivity index (χ1n) is 17.0. The molecule has 1 heterocycles. The van der Waals surface area contributed by atoms with Gasteiger partial charge in [-0.05, 0) is 132 Å². The molecule has 12 heteroatoms. The average molecular weight is 851 g/mol. The van der Waals surface area contributed by atoms with Crippen LogP contribution in [0.5, 0.6) is 0 Å². The summed E-state index contributed by atoms with van der Waals surface area (Å²) < 4.78 is 0. The number of rotatable bonds is 10. The predicted molar refractivity (Wildman–Crippen MR) is 229 cm³/mol. The van der Waals surface area contributed by atoms with Gasteiger partial charge >= 0.3 is 0 Å². The van der Waals surface area contributed by atoms with Crippen LogP contribution < -0.4 is 9.80 Å². The van der Waals surface area contributed by atoms with Gasteiger partial charge in [0.2, 0.25) is 0 Å². The van der Waals surface area contributed by atoms with E-state index in [2.05, 4.69) is 12.1 Å². The van der Waals surface area contributed by atoms with Crippen LogP contribution in [0.25, 0.3) is 0 Å². The normalized spacial score (nSPS) is 11.9. The number of nitriles is 2. The van der Waals surface area contributed by atoms with E-state index in [0.29, 0.717) is 58.4 Å². The van der Waals surface area contributed by atoms with Gasteiger partial charge in [-0.2, -0.15) is 10.5 Å². The van der Waals surface area contributed by atoms with Crippen LogP contribution >= 0.6 is 69.6 Å². The lowest BCUT2D eigenvalue weighted by molar-refractivity contribution is 0.627. The molecule has 1 aromatic heterocycles. The molecule has 56 heavy (non-hydrogen) atoms. The Hall–Kier alpha value is -5.28. The molecule has 0 aliphatic carbocycles. The zero-order valence-corrected chi connectivity index (χ0v) is 33.6. The summed E-state index contributed by atoms with van der Waals surface area (Å²) in [5.74, 6) is 0.375. The van der Waals surface area contributed by atoms with Gasteiger partial charge in [0.25, 0.3) is 0 Å². The van der Waals surface area contributed by atoms with Gasteiger partial charge in [0, 0.05) is 59.3 Å². The van der Waals surface area contributed by atoms with Crippen LogP contribution in [0.3, 0.4) is 0 Å². The first-order chi connectivity index (χ1) is 27.1. The number of halogens is 6. The number of hydrogen-bond acceptors (Lipinski definition) is 6. The van der Waals surface area contributed by atoms with Crippen LogP contribution in [0, 0.1) is 22.7 Å². The van der Waals surface area contributed by atoms with Gasteiger partial charge in [0.05, 0.1) is 6.07 Å². The molecule has 1 unspecified atom stereocenters. The Labute approximate surface area is 354 Å². The summed E-state index contributed by atoms with van der Waals surface area (Å²) in [5, 5.41) is 25.8. The second-order valence-electron chi connectivity index (χ2n) is 12.6. The molecular weight excluding hydrogens is 825 g/mol. The van der Waals surface area contributed by atoms with E-state index in [1.54, 1.807) is 89.8 Å². The molecule has 6 nitrogen and oxygen atoms in total. The molecular formula is C44H26Cl6N6. The highest BCUT2D eigenvalue weighted by molar-refractivity contribution is 6.32. The second-order valence-corrected chi connectivity index (χ2v) is 15.2. The third-order valence-electron chi connectivity index (χ3n) is 9.04. The second kappa shape index (κ2) is 16.8. The fourth-order valence-electron chi connectivity index (χ4n) is 6.36. The van der Waals surface area contributed by atoms with Crippen LogP contribution in [-0.2, 0) is 11.8 Å². The molecule has 0 saturated carbocycles. The molecule has 0 fully saturated rings. The Balaban J connectivity index is 1.63. The van der Waals surface area contributed by atoms with E-state index in [-0.39, 0.29) is 29.4 Å². The first kappa shape index (κ1) is 39.0. The Morgan fingerprint density at radius 3 is 1.14 bits per heavy atom. The van der Waals surface area contributed by atoms with Crippen molar-refractivity contribution in [3.8, 4) is 12.1 Å². The highest BCUT2D eigenvalue weighted by atomic mass is 35.5. The van der Waals surface area contributed by atoms with Crippen molar-refractivity contribution in [2.75, 3.05) is 9.80 Å². The van der Waals surface area contributed by atoms with Gasteiger partial charge < -0.3 is 0 Å². The molecule has 0 N–H and O–H groups in total. The van der Waals surface area contributed by atoms with Gasteiger partial charge in [-0.3, -0.25) is 9.80 Å². The van der Waals surface area contributed by atoms with E-state index >= 15 is 0 Å². The maximum absolute atomic E-state index is 11.7. The molecule has 7 rings (SSSR count). The van der Waals surface area contributed by atoms with Crippen molar-refractivity contribution in [3.05, 3.63) is 198 Å². The molecule has 1 atom stereocenters. The molecule has 0 spiro atoms. The average Bonchev–Trinajstić information content (AvgIpc) is 3.21. The minimum atomic E-state index is -1.55. The summed E-state index contributed by atoms with van der Waals surface area (Å²) >= 11 is 38.3. The number of nitrogens with zero attached hydrogens (tertiary/aromatic N) is 6. The van der Waals surface area contributed by atoms with E-state index in [1.807, 2.05) is 65.6 Å². The number of hydrogen-bond donors (Lipinski definition) is 0. The topological polar surface area (TPSA) is 79.8 Å². The summed E-state index contributed by atoms with van der Waals surface area (Å²) in [7, 11) is 0. The first-order valence-corrected chi connectivity index (χ1v) is 19.2. The summed E-state index contributed by atoms with van der Waals surface area (Å²) in [6, 6.07) is 47.8. The highest BCUT2D eigenvalue weighted by Crippen LogP contribution is 2.47. The number of benzene rings is 6. The predicted octanol–water partition coefficient (Wildman–Crippen LogP) is 14.3. The molecule has 0 amide bonds. The lowest BCUT2D eigenvalue weighted by Gasteiger charge is -2.35. The molecule has 0 aliphatic heterocycles. The SMILES string of the molecule is N#Cc1nc(N(c2ccc(Cl)cc2)c2ccc(Cl)cc2)c(C(C#N)(Cc2ccc(Cl)cc2)c2ccc(Cl)cc2)nc1N(c1ccc(Cl)cc1)c1ccc(Cl)cc1. The van der Waals surface area contributed by atoms with Crippen molar-refractivity contribution in [2.24, 2.45) is 0 Å². The van der Waals surface area contributed by atoms with E-state index in [1.165, 1.54) is 0 Å². The summed E-state index contributed by atoms with van der Waals surface area (Å²) in [4.78, 5) is 14.2. The number of aromatic nitrogens is 2. The minimum absolute atomic E-state index is 0.0315. The molecule has 0 saturated heterocycles. The van der Waals surface area contributed by atoms with Crippen molar-refractivity contribution >= 4 is 104 Å². The summed E-state index contributed by atoms with van der Waals surface area (Å²) in [6.07, 6.45) is 0.131. The zero-order chi connectivity index (χ0) is 39.4. The van der Waals surface area contributed by atoms with Gasteiger partial charge in [-0.1, -0.05) is 93.9 Å². The quantitative estimate of drug-likeness (QED) is 0.136. The van der Waals surface area contributed by atoms with E-state index in [4.69, 9.17) is 79.6 Å². The molecule has 6 aromatic carbocycles. The van der Waals surface area contributed by atoms with E-state index < -0.39 is 5.41 Å².